The van der Waals surface area contributed by atoms with Crippen molar-refractivity contribution in [3.63, 3.8) is 0 Å². The van der Waals surface area contributed by atoms with Gasteiger partial charge in [-0.1, -0.05) is 30.3 Å². The summed E-state index contributed by atoms with van der Waals surface area (Å²) in [6.45, 7) is 4.33. The molecule has 0 aromatic heterocycles. The number of thioether (sulfide) groups is 1. The van der Waals surface area contributed by atoms with Crippen molar-refractivity contribution in [1.29, 1.82) is 0 Å². The van der Waals surface area contributed by atoms with E-state index < -0.39 is 0 Å². The number of hydrogen-bond acceptors (Lipinski definition) is 3. The maximum atomic E-state index is 12.5. The lowest BCUT2D eigenvalue weighted by molar-refractivity contribution is 0.0784. The molecule has 0 radical (unpaired) electrons. The molecule has 0 saturated carbocycles. The van der Waals surface area contributed by atoms with Crippen LogP contribution in [-0.2, 0) is 0 Å². The number of carbonyl (C=O) groups is 1. The van der Waals surface area contributed by atoms with Gasteiger partial charge in [0.1, 0.15) is 0 Å². The Bertz CT molecular complexity index is 406. The Hall–Kier alpha value is -0.800. The van der Waals surface area contributed by atoms with Crippen molar-refractivity contribution in [2.45, 2.75) is 25.8 Å². The van der Waals surface area contributed by atoms with E-state index >= 15 is 0 Å². The van der Waals surface area contributed by atoms with Crippen molar-refractivity contribution in [3.8, 4) is 0 Å². The zero-order chi connectivity index (χ0) is 13.7. The minimum Gasteiger partial charge on any atom is -0.299 e. The molecule has 0 amide bonds. The van der Waals surface area contributed by atoms with Gasteiger partial charge in [-0.25, -0.2) is 0 Å². The third kappa shape index (κ3) is 3.83. The Kier molecular flexibility index (Phi) is 5.46. The van der Waals surface area contributed by atoms with Crippen molar-refractivity contribution in [3.05, 3.63) is 35.9 Å². The largest absolute Gasteiger partial charge is 0.299 e. The Balaban J connectivity index is 1.99. The summed E-state index contributed by atoms with van der Waals surface area (Å²) in [5.41, 5.74) is 0.867. The molecule has 2 atom stereocenters. The zero-order valence-electron chi connectivity index (χ0n) is 11.8. The van der Waals surface area contributed by atoms with Crippen LogP contribution in [-0.4, -0.2) is 41.8 Å². The highest BCUT2D eigenvalue weighted by Gasteiger charge is 2.28. The molecule has 1 aliphatic heterocycles. The molecule has 1 aliphatic rings. The van der Waals surface area contributed by atoms with Crippen LogP contribution in [0.2, 0.25) is 0 Å². The number of carbonyl (C=O) groups excluding carboxylic acids is 1. The summed E-state index contributed by atoms with van der Waals surface area (Å²) in [6, 6.07) is 10.3. The Labute approximate surface area is 120 Å². The molecule has 2 nitrogen and oxygen atoms in total. The molecule has 1 aromatic carbocycles. The SMILES string of the molecule is CSCC(C)N1CCCC(C(=O)c2ccccc2)C1. The second kappa shape index (κ2) is 7.11. The summed E-state index contributed by atoms with van der Waals surface area (Å²) >= 11 is 1.88. The quantitative estimate of drug-likeness (QED) is 0.770. The molecule has 0 bridgehead atoms. The normalized spacial score (nSPS) is 22.1. The van der Waals surface area contributed by atoms with Crippen LogP contribution in [0.5, 0.6) is 0 Å². The first-order chi connectivity index (χ1) is 9.22. The average Bonchev–Trinajstić information content (AvgIpc) is 2.48. The summed E-state index contributed by atoms with van der Waals surface area (Å²) in [4.78, 5) is 15.0. The lowest BCUT2D eigenvalue weighted by Crippen LogP contribution is -2.44. The predicted octanol–water partition coefficient (Wildman–Crippen LogP) is 3.33. The van der Waals surface area contributed by atoms with Gasteiger partial charge in [0.15, 0.2) is 5.78 Å². The van der Waals surface area contributed by atoms with Gasteiger partial charge in [0.05, 0.1) is 0 Å². The molecule has 19 heavy (non-hydrogen) atoms. The lowest BCUT2D eigenvalue weighted by atomic mass is 9.89. The fourth-order valence-electron chi connectivity index (χ4n) is 2.81. The number of Topliss-reactive ketones (excluding diaryl/α,β-unsaturated/α-hetero) is 1. The topological polar surface area (TPSA) is 20.3 Å². The number of rotatable bonds is 5. The molecule has 104 valence electrons. The van der Waals surface area contributed by atoms with Gasteiger partial charge in [-0.05, 0) is 32.6 Å². The maximum Gasteiger partial charge on any atom is 0.167 e. The van der Waals surface area contributed by atoms with Crippen molar-refractivity contribution >= 4 is 17.5 Å². The van der Waals surface area contributed by atoms with Crippen LogP contribution in [0.1, 0.15) is 30.1 Å². The van der Waals surface area contributed by atoms with Crippen LogP contribution in [0.25, 0.3) is 0 Å². The zero-order valence-corrected chi connectivity index (χ0v) is 12.7. The fraction of sp³-hybridized carbons (Fsp3) is 0.562. The van der Waals surface area contributed by atoms with E-state index in [-0.39, 0.29) is 5.92 Å². The van der Waals surface area contributed by atoms with Gasteiger partial charge in [-0.15, -0.1) is 0 Å². The van der Waals surface area contributed by atoms with E-state index in [1.54, 1.807) is 0 Å². The number of likely N-dealkylation sites (tertiary alicyclic amines) is 1. The van der Waals surface area contributed by atoms with Crippen molar-refractivity contribution in [2.24, 2.45) is 5.92 Å². The van der Waals surface area contributed by atoms with Gasteiger partial charge in [0, 0.05) is 29.8 Å². The molecule has 1 aromatic rings. The fourth-order valence-corrected chi connectivity index (χ4v) is 3.50. The highest BCUT2D eigenvalue weighted by Crippen LogP contribution is 2.23. The summed E-state index contributed by atoms with van der Waals surface area (Å²) in [5, 5.41) is 0. The highest BCUT2D eigenvalue weighted by molar-refractivity contribution is 7.98. The first-order valence-electron chi connectivity index (χ1n) is 7.04. The van der Waals surface area contributed by atoms with Crippen molar-refractivity contribution < 1.29 is 4.79 Å². The van der Waals surface area contributed by atoms with Gasteiger partial charge >= 0.3 is 0 Å². The minimum atomic E-state index is 0.181. The van der Waals surface area contributed by atoms with Crippen LogP contribution in [0, 0.1) is 5.92 Å². The Morgan fingerprint density at radius 1 is 1.42 bits per heavy atom. The number of ketones is 1. The monoisotopic (exact) mass is 277 g/mol. The third-order valence-electron chi connectivity index (χ3n) is 3.91. The average molecular weight is 277 g/mol. The summed E-state index contributed by atoms with van der Waals surface area (Å²) in [5.74, 6) is 1.65. The van der Waals surface area contributed by atoms with E-state index in [0.29, 0.717) is 11.8 Å². The summed E-state index contributed by atoms with van der Waals surface area (Å²) in [6.07, 6.45) is 4.32. The smallest absolute Gasteiger partial charge is 0.167 e. The first-order valence-corrected chi connectivity index (χ1v) is 8.44. The summed E-state index contributed by atoms with van der Waals surface area (Å²) in [7, 11) is 0. The maximum absolute atomic E-state index is 12.5. The van der Waals surface area contributed by atoms with E-state index in [4.69, 9.17) is 0 Å². The Morgan fingerprint density at radius 2 is 2.16 bits per heavy atom. The molecule has 0 N–H and O–H groups in total. The molecule has 2 unspecified atom stereocenters. The summed E-state index contributed by atoms with van der Waals surface area (Å²) < 4.78 is 0. The van der Waals surface area contributed by atoms with E-state index in [9.17, 15) is 4.79 Å². The molecule has 2 rings (SSSR count). The molecule has 3 heteroatoms. The molecule has 0 spiro atoms. The minimum absolute atomic E-state index is 0.181. The van der Waals surface area contributed by atoms with Crippen LogP contribution in [0.4, 0.5) is 0 Å². The molecular formula is C16H23NOS. The predicted molar refractivity (Wildman–Crippen MR) is 82.9 cm³/mol. The number of benzene rings is 1. The van der Waals surface area contributed by atoms with Crippen LogP contribution in [0.3, 0.4) is 0 Å². The van der Waals surface area contributed by atoms with Gasteiger partial charge < -0.3 is 0 Å². The van der Waals surface area contributed by atoms with E-state index in [1.165, 1.54) is 0 Å². The second-order valence-corrected chi connectivity index (χ2v) is 6.28. The number of piperidine rings is 1. The van der Waals surface area contributed by atoms with Gasteiger partial charge in [-0.2, -0.15) is 11.8 Å². The molecule has 0 aliphatic carbocycles. The number of nitrogens with zero attached hydrogens (tertiary/aromatic N) is 1. The molecule has 1 saturated heterocycles. The highest BCUT2D eigenvalue weighted by atomic mass is 32.2. The lowest BCUT2D eigenvalue weighted by Gasteiger charge is -2.36. The van der Waals surface area contributed by atoms with Crippen molar-refractivity contribution in [1.82, 2.24) is 4.90 Å². The standard InChI is InChI=1S/C16H23NOS/c1-13(12-19-2)17-10-6-9-15(11-17)16(18)14-7-4-3-5-8-14/h3-5,7-8,13,15H,6,9-12H2,1-2H3. The van der Waals surface area contributed by atoms with Gasteiger partial charge in [0.2, 0.25) is 0 Å². The van der Waals surface area contributed by atoms with E-state index in [1.807, 2.05) is 42.1 Å². The van der Waals surface area contributed by atoms with E-state index in [2.05, 4.69) is 18.1 Å². The molecule has 1 heterocycles. The number of hydrogen-bond donors (Lipinski definition) is 0. The van der Waals surface area contributed by atoms with Crippen LogP contribution in [0.15, 0.2) is 30.3 Å². The van der Waals surface area contributed by atoms with Crippen LogP contribution >= 0.6 is 11.8 Å². The third-order valence-corrected chi connectivity index (χ3v) is 4.73. The Morgan fingerprint density at radius 3 is 2.84 bits per heavy atom. The van der Waals surface area contributed by atoms with Crippen LogP contribution < -0.4 is 0 Å². The van der Waals surface area contributed by atoms with Gasteiger partial charge in [0.25, 0.3) is 0 Å². The van der Waals surface area contributed by atoms with E-state index in [0.717, 1.165) is 37.2 Å². The molecular weight excluding hydrogens is 254 g/mol. The van der Waals surface area contributed by atoms with Gasteiger partial charge in [-0.3, -0.25) is 9.69 Å². The molecule has 1 fully saturated rings. The van der Waals surface area contributed by atoms with Crippen molar-refractivity contribution in [2.75, 3.05) is 25.1 Å². The second-order valence-electron chi connectivity index (χ2n) is 5.37. The first kappa shape index (κ1) is 14.6.